The Hall–Kier alpha value is -6.07. The zero-order valence-electron chi connectivity index (χ0n) is 25.2. The molecule has 5 heteroatoms. The molecule has 0 saturated heterocycles. The van der Waals surface area contributed by atoms with E-state index in [-0.39, 0.29) is 0 Å². The smallest absolute Gasteiger partial charge is 0.120 e. The molecule has 0 fully saturated rings. The van der Waals surface area contributed by atoms with E-state index < -0.39 is 0 Å². The van der Waals surface area contributed by atoms with Crippen LogP contribution in [0.4, 0.5) is 11.4 Å². The van der Waals surface area contributed by atoms with E-state index in [0.717, 1.165) is 66.9 Å². The van der Waals surface area contributed by atoms with Gasteiger partial charge >= 0.3 is 0 Å². The van der Waals surface area contributed by atoms with Gasteiger partial charge in [0.2, 0.25) is 0 Å². The first kappa shape index (κ1) is 28.7. The molecule has 0 amide bonds. The quantitative estimate of drug-likeness (QED) is 0.116. The minimum atomic E-state index is 0.524. The predicted molar refractivity (Wildman–Crippen MR) is 188 cm³/mol. The number of fused-ring (bicyclic) bond motifs is 2. The fraction of sp³-hybridized carbons (Fsp3) is 0.0488. The number of pyridine rings is 1. The topological polar surface area (TPSA) is 56.1 Å². The van der Waals surface area contributed by atoms with Crippen molar-refractivity contribution < 1.29 is 9.47 Å². The summed E-state index contributed by atoms with van der Waals surface area (Å²) in [6.45, 7) is 1.05. The highest BCUT2D eigenvalue weighted by molar-refractivity contribution is 5.95. The minimum Gasteiger partial charge on any atom is -0.489 e. The molecule has 0 bridgehead atoms. The Morgan fingerprint density at radius 1 is 0.457 bits per heavy atom. The first-order valence-electron chi connectivity index (χ1n) is 15.2. The van der Waals surface area contributed by atoms with E-state index in [2.05, 4.69) is 42.5 Å². The maximum Gasteiger partial charge on any atom is 0.120 e. The average molecular weight is 598 g/mol. The molecule has 0 aliphatic heterocycles. The van der Waals surface area contributed by atoms with Crippen LogP contribution < -0.4 is 9.47 Å². The van der Waals surface area contributed by atoms with Gasteiger partial charge in [-0.2, -0.15) is 0 Å². The van der Waals surface area contributed by atoms with E-state index >= 15 is 0 Å². The summed E-state index contributed by atoms with van der Waals surface area (Å²) in [6, 6.07) is 50.5. The molecule has 0 radical (unpaired) electrons. The lowest BCUT2D eigenvalue weighted by atomic mass is 10.1. The number of hydrogen-bond donors (Lipinski definition) is 0. The summed E-state index contributed by atoms with van der Waals surface area (Å²) >= 11 is 0. The Morgan fingerprint density at radius 3 is 1.41 bits per heavy atom. The van der Waals surface area contributed by atoms with Crippen LogP contribution in [0.25, 0.3) is 21.8 Å². The van der Waals surface area contributed by atoms with Crippen LogP contribution in [0.5, 0.6) is 11.5 Å². The third-order valence-corrected chi connectivity index (χ3v) is 7.52. The van der Waals surface area contributed by atoms with Crippen molar-refractivity contribution in [3.05, 3.63) is 174 Å². The number of benzene rings is 6. The van der Waals surface area contributed by atoms with Gasteiger partial charge in [-0.25, -0.2) is 4.98 Å². The van der Waals surface area contributed by atoms with Gasteiger partial charge in [-0.15, -0.1) is 0 Å². The number of rotatable bonds is 10. The van der Waals surface area contributed by atoms with Crippen LogP contribution in [-0.2, 0) is 13.2 Å². The van der Waals surface area contributed by atoms with Gasteiger partial charge in [-0.3, -0.25) is 9.98 Å². The first-order chi connectivity index (χ1) is 22.7. The van der Waals surface area contributed by atoms with Crippen LogP contribution >= 0.6 is 0 Å². The lowest BCUT2D eigenvalue weighted by molar-refractivity contribution is 0.306. The summed E-state index contributed by atoms with van der Waals surface area (Å²) in [6.07, 6.45) is 3.71. The van der Waals surface area contributed by atoms with Crippen LogP contribution in [0.1, 0.15) is 22.3 Å². The molecule has 0 saturated carbocycles. The molecule has 0 spiro atoms. The number of ether oxygens (including phenoxy) is 2. The molecule has 6 aromatic carbocycles. The Labute approximate surface area is 268 Å². The molecule has 1 heterocycles. The van der Waals surface area contributed by atoms with Gasteiger partial charge in [-0.05, 0) is 76.9 Å². The lowest BCUT2D eigenvalue weighted by Gasteiger charge is -2.07. The number of aliphatic imine (C=N–C) groups is 2. The van der Waals surface area contributed by atoms with Crippen LogP contribution in [0.2, 0.25) is 0 Å². The third kappa shape index (κ3) is 7.34. The van der Waals surface area contributed by atoms with E-state index in [1.165, 1.54) is 0 Å². The normalized spacial score (nSPS) is 11.5. The highest BCUT2D eigenvalue weighted by Crippen LogP contribution is 2.27. The van der Waals surface area contributed by atoms with Crippen LogP contribution in [0, 0.1) is 0 Å². The highest BCUT2D eigenvalue weighted by Gasteiger charge is 2.04. The molecule has 0 N–H and O–H groups in total. The van der Waals surface area contributed by atoms with Gasteiger partial charge in [-0.1, -0.05) is 97.1 Å². The molecule has 0 atom stereocenters. The molecule has 222 valence electrons. The second kappa shape index (κ2) is 13.7. The maximum absolute atomic E-state index is 5.98. The molecular formula is C41H31N3O2. The molecule has 46 heavy (non-hydrogen) atoms. The van der Waals surface area contributed by atoms with E-state index in [0.29, 0.717) is 13.2 Å². The SMILES string of the molecule is C(=Nc1ccc2cc3ccc(N=Cc4cccc(OCc5ccccc5)c4)cc3nc2c1)c1cccc(OCc2ccccc2)c1. The van der Waals surface area contributed by atoms with E-state index in [4.69, 9.17) is 24.4 Å². The summed E-state index contributed by atoms with van der Waals surface area (Å²) in [5, 5.41) is 2.12. The minimum absolute atomic E-state index is 0.524. The number of nitrogens with zero attached hydrogens (tertiary/aromatic N) is 3. The lowest BCUT2D eigenvalue weighted by Crippen LogP contribution is -1.95. The van der Waals surface area contributed by atoms with Crippen molar-refractivity contribution in [2.45, 2.75) is 13.2 Å². The highest BCUT2D eigenvalue weighted by atomic mass is 16.5. The van der Waals surface area contributed by atoms with Gasteiger partial charge in [0, 0.05) is 23.2 Å². The Bertz CT molecular complexity index is 2010. The second-order valence-corrected chi connectivity index (χ2v) is 11.0. The van der Waals surface area contributed by atoms with E-state index in [1.807, 2.05) is 122 Å². The summed E-state index contributed by atoms with van der Waals surface area (Å²) < 4.78 is 12.0. The predicted octanol–water partition coefficient (Wildman–Crippen LogP) is 10.0. The van der Waals surface area contributed by atoms with E-state index in [1.54, 1.807) is 0 Å². The van der Waals surface area contributed by atoms with Crippen molar-refractivity contribution in [3.8, 4) is 11.5 Å². The first-order valence-corrected chi connectivity index (χ1v) is 15.2. The van der Waals surface area contributed by atoms with Crippen molar-refractivity contribution >= 4 is 45.6 Å². The van der Waals surface area contributed by atoms with Crippen molar-refractivity contribution in [1.29, 1.82) is 0 Å². The van der Waals surface area contributed by atoms with Crippen LogP contribution in [-0.4, -0.2) is 17.4 Å². The molecule has 7 aromatic rings. The molecule has 1 aromatic heterocycles. The van der Waals surface area contributed by atoms with Gasteiger partial charge < -0.3 is 9.47 Å². The Morgan fingerprint density at radius 2 is 0.935 bits per heavy atom. The van der Waals surface area contributed by atoms with Gasteiger partial charge in [0.1, 0.15) is 24.7 Å². The van der Waals surface area contributed by atoms with Crippen molar-refractivity contribution in [2.24, 2.45) is 9.98 Å². The van der Waals surface area contributed by atoms with Gasteiger partial charge in [0.25, 0.3) is 0 Å². The maximum atomic E-state index is 5.98. The standard InChI is InChI=1S/C41H31N3O2/c1-3-9-30(10-4-1)28-45-38-15-7-13-32(21-38)26-42-36-19-17-34-23-35-18-20-37(25-41(35)44-40(34)24-36)43-27-33-14-8-16-39(22-33)46-29-31-11-5-2-6-12-31/h1-27H,28-29H2. The number of aromatic nitrogens is 1. The monoisotopic (exact) mass is 597 g/mol. The molecule has 0 aliphatic carbocycles. The summed E-state index contributed by atoms with van der Waals surface area (Å²) in [5.41, 5.74) is 7.62. The zero-order chi connectivity index (χ0) is 31.0. The van der Waals surface area contributed by atoms with Gasteiger partial charge in [0.05, 0.1) is 22.4 Å². The summed E-state index contributed by atoms with van der Waals surface area (Å²) in [5.74, 6) is 1.61. The largest absolute Gasteiger partial charge is 0.489 e. The summed E-state index contributed by atoms with van der Waals surface area (Å²) in [7, 11) is 0. The van der Waals surface area contributed by atoms with Crippen molar-refractivity contribution in [3.63, 3.8) is 0 Å². The molecular weight excluding hydrogens is 566 g/mol. The molecule has 0 aliphatic rings. The molecule has 7 rings (SSSR count). The van der Waals surface area contributed by atoms with Crippen molar-refractivity contribution in [1.82, 2.24) is 4.98 Å². The average Bonchev–Trinajstić information content (AvgIpc) is 3.11. The Kier molecular flexibility index (Phi) is 8.55. The summed E-state index contributed by atoms with van der Waals surface area (Å²) in [4.78, 5) is 14.4. The Balaban J connectivity index is 1.05. The molecule has 0 unspecified atom stereocenters. The fourth-order valence-electron chi connectivity index (χ4n) is 5.11. The number of hydrogen-bond acceptors (Lipinski definition) is 5. The fourth-order valence-corrected chi connectivity index (χ4v) is 5.11. The zero-order valence-corrected chi connectivity index (χ0v) is 25.2. The van der Waals surface area contributed by atoms with E-state index in [9.17, 15) is 0 Å². The van der Waals surface area contributed by atoms with Crippen molar-refractivity contribution in [2.75, 3.05) is 0 Å². The van der Waals surface area contributed by atoms with Gasteiger partial charge in [0.15, 0.2) is 0 Å². The van der Waals surface area contributed by atoms with Crippen LogP contribution in [0.3, 0.4) is 0 Å². The third-order valence-electron chi connectivity index (χ3n) is 7.52. The second-order valence-electron chi connectivity index (χ2n) is 11.0. The van der Waals surface area contributed by atoms with Crippen LogP contribution in [0.15, 0.2) is 162 Å². The molecule has 5 nitrogen and oxygen atoms in total.